The van der Waals surface area contributed by atoms with E-state index in [1.807, 2.05) is 6.20 Å². The van der Waals surface area contributed by atoms with Gasteiger partial charge in [-0.25, -0.2) is 0 Å². The zero-order valence-corrected chi connectivity index (χ0v) is 12.7. The van der Waals surface area contributed by atoms with Gasteiger partial charge in [0.25, 0.3) is 0 Å². The van der Waals surface area contributed by atoms with Gasteiger partial charge < -0.3 is 5.32 Å². The van der Waals surface area contributed by atoms with Gasteiger partial charge in [0.05, 0.1) is 5.02 Å². The highest BCUT2D eigenvalue weighted by atomic mass is 35.5. The van der Waals surface area contributed by atoms with Gasteiger partial charge in [0.2, 0.25) is 0 Å². The standard InChI is InChI=1S/C15H24ClN3/c1-12(2)3-4-15(19-9-7-17-8-10-19)13-5-6-18-11-14(13)16/h5-6,11-12,15,17H,3-4,7-10H2,1-2H3/t15-/m0/s1. The Morgan fingerprint density at radius 3 is 2.68 bits per heavy atom. The molecule has 19 heavy (non-hydrogen) atoms. The maximum Gasteiger partial charge on any atom is 0.0637 e. The van der Waals surface area contributed by atoms with Crippen molar-refractivity contribution >= 4 is 11.6 Å². The SMILES string of the molecule is CC(C)CC[C@@H](c1ccncc1Cl)N1CCNCC1. The van der Waals surface area contributed by atoms with Gasteiger partial charge in [0.15, 0.2) is 0 Å². The molecule has 1 aliphatic heterocycles. The Kier molecular flexibility index (Phi) is 5.61. The number of nitrogens with zero attached hydrogens (tertiary/aromatic N) is 2. The fraction of sp³-hybridized carbons (Fsp3) is 0.667. The zero-order valence-electron chi connectivity index (χ0n) is 11.9. The van der Waals surface area contributed by atoms with Gasteiger partial charge in [0, 0.05) is 44.6 Å². The Bertz CT molecular complexity index is 389. The Morgan fingerprint density at radius 2 is 2.05 bits per heavy atom. The van der Waals surface area contributed by atoms with E-state index in [1.54, 1.807) is 6.20 Å². The Labute approximate surface area is 121 Å². The summed E-state index contributed by atoms with van der Waals surface area (Å²) in [5.74, 6) is 0.728. The number of rotatable bonds is 5. The van der Waals surface area contributed by atoms with E-state index in [1.165, 1.54) is 18.4 Å². The summed E-state index contributed by atoms with van der Waals surface area (Å²) in [6.45, 7) is 8.90. The van der Waals surface area contributed by atoms with Gasteiger partial charge in [-0.1, -0.05) is 25.4 Å². The van der Waals surface area contributed by atoms with Gasteiger partial charge in [-0.2, -0.15) is 0 Å². The largest absolute Gasteiger partial charge is 0.314 e. The summed E-state index contributed by atoms with van der Waals surface area (Å²) in [6, 6.07) is 2.51. The Balaban J connectivity index is 2.15. The molecule has 106 valence electrons. The molecule has 0 amide bonds. The first-order valence-corrected chi connectivity index (χ1v) is 7.60. The van der Waals surface area contributed by atoms with Crippen molar-refractivity contribution in [1.82, 2.24) is 15.2 Å². The smallest absolute Gasteiger partial charge is 0.0637 e. The normalized spacial score (nSPS) is 18.7. The fourth-order valence-corrected chi connectivity index (χ4v) is 2.92. The molecule has 1 fully saturated rings. The van der Waals surface area contributed by atoms with Gasteiger partial charge in [0.1, 0.15) is 0 Å². The molecular formula is C15H24ClN3. The van der Waals surface area contributed by atoms with Crippen LogP contribution in [0.3, 0.4) is 0 Å². The highest BCUT2D eigenvalue weighted by molar-refractivity contribution is 6.31. The van der Waals surface area contributed by atoms with E-state index in [0.29, 0.717) is 6.04 Å². The lowest BCUT2D eigenvalue weighted by molar-refractivity contribution is 0.160. The number of halogens is 1. The number of aromatic nitrogens is 1. The topological polar surface area (TPSA) is 28.2 Å². The summed E-state index contributed by atoms with van der Waals surface area (Å²) < 4.78 is 0. The van der Waals surface area contributed by atoms with Crippen molar-refractivity contribution in [3.05, 3.63) is 29.0 Å². The summed E-state index contributed by atoms with van der Waals surface area (Å²) in [4.78, 5) is 6.66. The summed E-state index contributed by atoms with van der Waals surface area (Å²) in [7, 11) is 0. The quantitative estimate of drug-likeness (QED) is 0.899. The molecule has 0 saturated carbocycles. The average Bonchev–Trinajstić information content (AvgIpc) is 2.42. The summed E-state index contributed by atoms with van der Waals surface area (Å²) >= 11 is 6.35. The molecule has 1 aliphatic rings. The molecule has 0 spiro atoms. The molecule has 2 heterocycles. The minimum atomic E-state index is 0.431. The molecule has 1 atom stereocenters. The van der Waals surface area contributed by atoms with E-state index in [-0.39, 0.29) is 0 Å². The molecular weight excluding hydrogens is 258 g/mol. The average molecular weight is 282 g/mol. The van der Waals surface area contributed by atoms with Gasteiger partial charge >= 0.3 is 0 Å². The van der Waals surface area contributed by atoms with Crippen molar-refractivity contribution in [3.8, 4) is 0 Å². The molecule has 0 unspecified atom stereocenters. The molecule has 0 radical (unpaired) electrons. The second-order valence-corrected chi connectivity index (χ2v) is 6.08. The lowest BCUT2D eigenvalue weighted by Gasteiger charge is -2.36. The van der Waals surface area contributed by atoms with Gasteiger partial charge in [-0.3, -0.25) is 9.88 Å². The van der Waals surface area contributed by atoms with E-state index in [4.69, 9.17) is 11.6 Å². The molecule has 1 N–H and O–H groups in total. The highest BCUT2D eigenvalue weighted by Gasteiger charge is 2.23. The first kappa shape index (κ1) is 14.8. The van der Waals surface area contributed by atoms with Crippen molar-refractivity contribution in [2.45, 2.75) is 32.7 Å². The third-order valence-corrected chi connectivity index (χ3v) is 4.09. The second kappa shape index (κ2) is 7.22. The number of piperazine rings is 1. The van der Waals surface area contributed by atoms with Crippen molar-refractivity contribution in [3.63, 3.8) is 0 Å². The number of hydrogen-bond donors (Lipinski definition) is 1. The van der Waals surface area contributed by atoms with Crippen molar-refractivity contribution in [1.29, 1.82) is 0 Å². The predicted octanol–water partition coefficient (Wildman–Crippen LogP) is 3.12. The fourth-order valence-electron chi connectivity index (χ4n) is 2.68. The van der Waals surface area contributed by atoms with E-state index < -0.39 is 0 Å². The van der Waals surface area contributed by atoms with Crippen molar-refractivity contribution < 1.29 is 0 Å². The number of pyridine rings is 1. The first-order valence-electron chi connectivity index (χ1n) is 7.22. The zero-order chi connectivity index (χ0) is 13.7. The maximum atomic E-state index is 6.35. The molecule has 0 aliphatic carbocycles. The third kappa shape index (κ3) is 4.16. The Hall–Kier alpha value is -0.640. The van der Waals surface area contributed by atoms with Crippen LogP contribution < -0.4 is 5.32 Å². The van der Waals surface area contributed by atoms with Crippen LogP contribution >= 0.6 is 11.6 Å². The second-order valence-electron chi connectivity index (χ2n) is 5.67. The van der Waals surface area contributed by atoms with Crippen LogP contribution in [0.5, 0.6) is 0 Å². The van der Waals surface area contributed by atoms with Crippen LogP contribution in [-0.4, -0.2) is 36.1 Å². The lowest BCUT2D eigenvalue weighted by Crippen LogP contribution is -2.45. The maximum absolute atomic E-state index is 6.35. The van der Waals surface area contributed by atoms with Crippen LogP contribution in [0.1, 0.15) is 38.3 Å². The van der Waals surface area contributed by atoms with Crippen molar-refractivity contribution in [2.24, 2.45) is 5.92 Å². The summed E-state index contributed by atoms with van der Waals surface area (Å²) in [6.07, 6.45) is 6.02. The third-order valence-electron chi connectivity index (χ3n) is 3.77. The van der Waals surface area contributed by atoms with Crippen molar-refractivity contribution in [2.75, 3.05) is 26.2 Å². The lowest BCUT2D eigenvalue weighted by atomic mass is 9.96. The highest BCUT2D eigenvalue weighted by Crippen LogP contribution is 2.31. The molecule has 1 aromatic rings. The van der Waals surface area contributed by atoms with Crippen LogP contribution in [0.15, 0.2) is 18.5 Å². The van der Waals surface area contributed by atoms with E-state index in [9.17, 15) is 0 Å². The summed E-state index contributed by atoms with van der Waals surface area (Å²) in [5.41, 5.74) is 1.24. The molecule has 1 aromatic heterocycles. The van der Waals surface area contributed by atoms with Gasteiger partial charge in [-0.15, -0.1) is 0 Å². The minimum absolute atomic E-state index is 0.431. The molecule has 2 rings (SSSR count). The molecule has 0 aromatic carbocycles. The molecule has 3 nitrogen and oxygen atoms in total. The van der Waals surface area contributed by atoms with Crippen LogP contribution in [0.2, 0.25) is 5.02 Å². The van der Waals surface area contributed by atoms with Crippen LogP contribution in [0, 0.1) is 5.92 Å². The number of hydrogen-bond acceptors (Lipinski definition) is 3. The first-order chi connectivity index (χ1) is 9.18. The van der Waals surface area contributed by atoms with E-state index in [2.05, 4.69) is 35.1 Å². The van der Waals surface area contributed by atoms with Crippen LogP contribution in [0.4, 0.5) is 0 Å². The monoisotopic (exact) mass is 281 g/mol. The predicted molar refractivity (Wildman–Crippen MR) is 80.5 cm³/mol. The summed E-state index contributed by atoms with van der Waals surface area (Å²) in [5, 5.41) is 4.21. The van der Waals surface area contributed by atoms with Gasteiger partial charge in [-0.05, 0) is 30.4 Å². The molecule has 1 saturated heterocycles. The van der Waals surface area contributed by atoms with Crippen LogP contribution in [0.25, 0.3) is 0 Å². The minimum Gasteiger partial charge on any atom is -0.314 e. The Morgan fingerprint density at radius 1 is 1.32 bits per heavy atom. The van der Waals surface area contributed by atoms with E-state index >= 15 is 0 Å². The van der Waals surface area contributed by atoms with Crippen LogP contribution in [-0.2, 0) is 0 Å². The number of nitrogens with one attached hydrogen (secondary N) is 1. The molecule has 4 heteroatoms. The van der Waals surface area contributed by atoms with E-state index in [0.717, 1.165) is 37.1 Å². The molecule has 0 bridgehead atoms.